The van der Waals surface area contributed by atoms with E-state index in [0.717, 1.165) is 0 Å². The van der Waals surface area contributed by atoms with Crippen LogP contribution in [0.1, 0.15) is 25.7 Å². The van der Waals surface area contributed by atoms with E-state index in [-0.39, 0.29) is 38.8 Å². The molecule has 0 spiro atoms. The summed E-state index contributed by atoms with van der Waals surface area (Å²) < 4.78 is 4.85. The van der Waals surface area contributed by atoms with Crippen LogP contribution in [-0.4, -0.2) is 49.4 Å². The number of carboxylic acids is 1. The lowest BCUT2D eigenvalue weighted by molar-refractivity contribution is -0.178. The van der Waals surface area contributed by atoms with E-state index in [1.54, 1.807) is 12.2 Å². The van der Waals surface area contributed by atoms with E-state index >= 15 is 0 Å². The Labute approximate surface area is 132 Å². The van der Waals surface area contributed by atoms with Crippen molar-refractivity contribution in [3.05, 3.63) is 12.2 Å². The summed E-state index contributed by atoms with van der Waals surface area (Å²) >= 11 is 0. The number of hydrogen-bond donors (Lipinski definition) is 1. The summed E-state index contributed by atoms with van der Waals surface area (Å²) in [5, 5.41) is 9.83. The number of isocyanates is 2. The largest absolute Gasteiger partial charge is 0.481 e. The average molecular weight is 322 g/mol. The lowest BCUT2D eigenvalue weighted by Crippen LogP contribution is -2.54. The van der Waals surface area contributed by atoms with Crippen molar-refractivity contribution < 1.29 is 29.0 Å². The molecule has 0 fully saturated rings. The normalized spacial score (nSPS) is 25.8. The van der Waals surface area contributed by atoms with Gasteiger partial charge in [0.1, 0.15) is 0 Å². The fraction of sp³-hybridized carbons (Fsp3) is 0.600. The first-order valence-corrected chi connectivity index (χ1v) is 7.05. The van der Waals surface area contributed by atoms with Gasteiger partial charge in [-0.25, -0.2) is 19.6 Å². The average Bonchev–Trinajstić information content (AvgIpc) is 2.55. The van der Waals surface area contributed by atoms with Crippen LogP contribution in [0.3, 0.4) is 0 Å². The van der Waals surface area contributed by atoms with Crippen LogP contribution in [0.5, 0.6) is 0 Å². The van der Waals surface area contributed by atoms with Gasteiger partial charge in [-0.3, -0.25) is 9.59 Å². The van der Waals surface area contributed by atoms with Crippen molar-refractivity contribution in [2.24, 2.45) is 20.8 Å². The minimum absolute atomic E-state index is 0.0242. The highest BCUT2D eigenvalue weighted by Crippen LogP contribution is 2.54. The van der Waals surface area contributed by atoms with Gasteiger partial charge in [-0.1, -0.05) is 12.2 Å². The van der Waals surface area contributed by atoms with Crippen LogP contribution in [0.15, 0.2) is 22.1 Å². The number of nitrogens with zero attached hydrogens (tertiary/aromatic N) is 2. The summed E-state index contributed by atoms with van der Waals surface area (Å²) in [6, 6.07) is 0. The molecule has 0 bridgehead atoms. The highest BCUT2D eigenvalue weighted by molar-refractivity contribution is 5.88. The zero-order valence-electron chi connectivity index (χ0n) is 12.8. The number of carbonyl (C=O) groups is 2. The second kappa shape index (κ2) is 8.17. The third kappa shape index (κ3) is 3.44. The molecule has 1 rings (SSSR count). The molecule has 8 heteroatoms. The quantitative estimate of drug-likeness (QED) is 0.308. The van der Waals surface area contributed by atoms with E-state index < -0.39 is 22.8 Å². The molecule has 8 nitrogen and oxygen atoms in total. The number of ether oxygens (including phenoxy) is 1. The molecule has 1 N–H and O–H groups in total. The number of methoxy groups -OCH3 is 1. The molecular weight excluding hydrogens is 304 g/mol. The second-order valence-electron chi connectivity index (χ2n) is 5.29. The van der Waals surface area contributed by atoms with Crippen molar-refractivity contribution in [3.63, 3.8) is 0 Å². The van der Waals surface area contributed by atoms with Gasteiger partial charge >= 0.3 is 11.9 Å². The van der Waals surface area contributed by atoms with Gasteiger partial charge < -0.3 is 9.84 Å². The van der Waals surface area contributed by atoms with Crippen LogP contribution in [0.4, 0.5) is 0 Å². The topological polar surface area (TPSA) is 122 Å². The summed E-state index contributed by atoms with van der Waals surface area (Å²) in [4.78, 5) is 51.9. The molecule has 2 atom stereocenters. The Kier molecular flexibility index (Phi) is 6.57. The minimum Gasteiger partial charge on any atom is -0.481 e. The van der Waals surface area contributed by atoms with Crippen LogP contribution in [-0.2, 0) is 23.9 Å². The van der Waals surface area contributed by atoms with Gasteiger partial charge in [0.2, 0.25) is 12.2 Å². The summed E-state index contributed by atoms with van der Waals surface area (Å²) in [6.45, 7) is -0.113. The summed E-state index contributed by atoms with van der Waals surface area (Å²) in [5.74, 6) is -1.86. The van der Waals surface area contributed by atoms with Gasteiger partial charge in [-0.15, -0.1) is 0 Å². The van der Waals surface area contributed by atoms with Crippen LogP contribution in [0.25, 0.3) is 0 Å². The van der Waals surface area contributed by atoms with Crippen LogP contribution >= 0.6 is 0 Å². The summed E-state index contributed by atoms with van der Waals surface area (Å²) in [6.07, 6.45) is 6.38. The molecule has 124 valence electrons. The van der Waals surface area contributed by atoms with Gasteiger partial charge in [0.05, 0.1) is 31.0 Å². The Morgan fingerprint density at radius 1 is 1.09 bits per heavy atom. The first-order valence-electron chi connectivity index (χ1n) is 7.05. The van der Waals surface area contributed by atoms with Crippen molar-refractivity contribution in [2.45, 2.75) is 25.7 Å². The smallest absolute Gasteiger partial charge is 0.313 e. The zero-order valence-corrected chi connectivity index (χ0v) is 12.8. The van der Waals surface area contributed by atoms with E-state index in [4.69, 9.17) is 4.74 Å². The fourth-order valence-electron chi connectivity index (χ4n) is 3.20. The van der Waals surface area contributed by atoms with E-state index in [2.05, 4.69) is 9.98 Å². The van der Waals surface area contributed by atoms with Gasteiger partial charge in [0.25, 0.3) is 0 Å². The molecule has 2 unspecified atom stereocenters. The number of aliphatic imine (C=N–C) groups is 2. The molecule has 0 radical (unpaired) electrons. The number of allylic oxidation sites excluding steroid dienone is 2. The number of carboxylic acid groups (broad SMARTS) is 1. The van der Waals surface area contributed by atoms with Crippen molar-refractivity contribution in [3.8, 4) is 0 Å². The summed E-state index contributed by atoms with van der Waals surface area (Å²) in [5.41, 5.74) is -2.88. The molecular formula is C15H18N2O6. The molecule has 0 aromatic rings. The minimum atomic E-state index is -1.49. The zero-order chi connectivity index (χ0) is 17.3. The highest BCUT2D eigenvalue weighted by Gasteiger charge is 2.61. The van der Waals surface area contributed by atoms with E-state index in [1.165, 1.54) is 19.3 Å². The third-order valence-electron chi connectivity index (χ3n) is 4.43. The van der Waals surface area contributed by atoms with E-state index in [0.29, 0.717) is 0 Å². The number of esters is 1. The molecule has 23 heavy (non-hydrogen) atoms. The lowest BCUT2D eigenvalue weighted by Gasteiger charge is -2.46. The van der Waals surface area contributed by atoms with E-state index in [1.807, 2.05) is 0 Å². The van der Waals surface area contributed by atoms with Crippen molar-refractivity contribution in [1.82, 2.24) is 0 Å². The standard InChI is InChI=1S/C15H18N2O6/c1-23-13(22)15(7-9-17-11-19)5-3-2-4-14(15,12(20)21)6-8-16-10-18/h2-3H,4-9H2,1H3,(H,20,21). The molecule has 0 heterocycles. The number of carbonyl (C=O) groups excluding carboxylic acids is 3. The highest BCUT2D eigenvalue weighted by atomic mass is 16.5. The van der Waals surface area contributed by atoms with Crippen LogP contribution < -0.4 is 0 Å². The van der Waals surface area contributed by atoms with Crippen molar-refractivity contribution >= 4 is 24.1 Å². The predicted molar refractivity (Wildman–Crippen MR) is 78.1 cm³/mol. The Morgan fingerprint density at radius 3 is 2.00 bits per heavy atom. The number of rotatable bonds is 8. The van der Waals surface area contributed by atoms with Gasteiger partial charge in [0, 0.05) is 0 Å². The molecule has 0 saturated carbocycles. The maximum absolute atomic E-state index is 12.5. The second-order valence-corrected chi connectivity index (χ2v) is 5.29. The molecule has 0 aromatic heterocycles. The molecule has 0 aliphatic heterocycles. The lowest BCUT2D eigenvalue weighted by atomic mass is 9.54. The van der Waals surface area contributed by atoms with Crippen LogP contribution in [0, 0.1) is 10.8 Å². The Morgan fingerprint density at radius 2 is 1.57 bits per heavy atom. The Hall–Kier alpha value is -2.56. The predicted octanol–water partition coefficient (Wildman–Crippen LogP) is 1.02. The number of aliphatic carboxylic acids is 1. The summed E-state index contributed by atoms with van der Waals surface area (Å²) in [7, 11) is 1.18. The van der Waals surface area contributed by atoms with Gasteiger partial charge in [-0.2, -0.15) is 0 Å². The Balaban J connectivity index is 3.39. The first-order chi connectivity index (χ1) is 11.0. The molecule has 1 aliphatic carbocycles. The van der Waals surface area contributed by atoms with Gasteiger partial charge in [0.15, 0.2) is 0 Å². The maximum atomic E-state index is 12.5. The maximum Gasteiger partial charge on any atom is 0.313 e. The monoisotopic (exact) mass is 322 g/mol. The van der Waals surface area contributed by atoms with E-state index in [9.17, 15) is 24.3 Å². The molecule has 0 amide bonds. The first kappa shape index (κ1) is 18.5. The van der Waals surface area contributed by atoms with Crippen molar-refractivity contribution in [1.29, 1.82) is 0 Å². The van der Waals surface area contributed by atoms with Crippen LogP contribution in [0.2, 0.25) is 0 Å². The third-order valence-corrected chi connectivity index (χ3v) is 4.43. The van der Waals surface area contributed by atoms with Crippen molar-refractivity contribution in [2.75, 3.05) is 20.2 Å². The number of hydrogen-bond acceptors (Lipinski definition) is 7. The fourth-order valence-corrected chi connectivity index (χ4v) is 3.20. The van der Waals surface area contributed by atoms with Gasteiger partial charge in [-0.05, 0) is 25.7 Å². The molecule has 0 saturated heterocycles. The molecule has 0 aromatic carbocycles. The Bertz CT molecular complexity index is 589. The SMILES string of the molecule is COC(=O)C1(CCN=C=O)CC=CCC1(CCN=C=O)C(=O)O. The molecule has 1 aliphatic rings.